The molecule has 0 fully saturated rings. The minimum absolute atomic E-state index is 0.0829. The highest BCUT2D eigenvalue weighted by Gasteiger charge is 2.35. The normalized spacial score (nSPS) is 11.4. The van der Waals surface area contributed by atoms with Gasteiger partial charge in [-0.05, 0) is 6.07 Å². The van der Waals surface area contributed by atoms with E-state index < -0.39 is 66.9 Å². The van der Waals surface area contributed by atoms with Crippen molar-refractivity contribution in [1.29, 1.82) is 0 Å². The number of nitrogens with zero attached hydrogens (tertiary/aromatic N) is 2. The van der Waals surface area contributed by atoms with E-state index in [2.05, 4.69) is 0 Å². The van der Waals surface area contributed by atoms with Gasteiger partial charge in [0.25, 0.3) is 0 Å². The predicted octanol–water partition coefficient (Wildman–Crippen LogP) is 2.96. The zero-order valence-electron chi connectivity index (χ0n) is 13.6. The van der Waals surface area contributed by atoms with Crippen LogP contribution >= 0.6 is 11.6 Å². The molecule has 30 heavy (non-hydrogen) atoms. The number of aromatic amines is 2. The van der Waals surface area contributed by atoms with Crippen LogP contribution in [0.5, 0.6) is 5.75 Å². The molecule has 0 saturated carbocycles. The zero-order valence-corrected chi connectivity index (χ0v) is 14.3. The van der Waals surface area contributed by atoms with Gasteiger partial charge in [-0.25, -0.2) is 0 Å². The fraction of sp³-hybridized carbons (Fsp3) is 0.167. The lowest BCUT2D eigenvalue weighted by molar-refractivity contribution is -0.387. The van der Waals surface area contributed by atoms with Crippen LogP contribution < -0.4 is 11.1 Å². The molecule has 164 valence electrons. The Balaban J connectivity index is 0.000000300. The van der Waals surface area contributed by atoms with Crippen molar-refractivity contribution in [2.24, 2.45) is 0 Å². The Morgan fingerprint density at radius 3 is 1.50 bits per heavy atom. The fourth-order valence-corrected chi connectivity index (χ4v) is 1.98. The topological polar surface area (TPSA) is 172 Å². The van der Waals surface area contributed by atoms with Gasteiger partial charge in [0, 0.05) is 6.07 Å². The van der Waals surface area contributed by atoms with E-state index in [1.165, 1.54) is 9.97 Å². The average molecular weight is 467 g/mol. The molecule has 0 bridgehead atoms. The first-order chi connectivity index (χ1) is 13.5. The number of alkyl halides is 6. The van der Waals surface area contributed by atoms with Crippen molar-refractivity contribution in [3.8, 4) is 5.75 Å². The maximum absolute atomic E-state index is 12.1. The molecule has 0 aliphatic carbocycles. The van der Waals surface area contributed by atoms with Crippen LogP contribution in [0.3, 0.4) is 0 Å². The Bertz CT molecular complexity index is 1020. The molecule has 0 saturated heterocycles. The third kappa shape index (κ3) is 5.69. The minimum atomic E-state index is -4.88. The molecule has 0 aliphatic heterocycles. The van der Waals surface area contributed by atoms with Crippen molar-refractivity contribution in [1.82, 2.24) is 9.97 Å². The van der Waals surface area contributed by atoms with Gasteiger partial charge in [0.15, 0.2) is 0 Å². The summed E-state index contributed by atoms with van der Waals surface area (Å²) in [6.45, 7) is 0. The second kappa shape index (κ2) is 8.39. The van der Waals surface area contributed by atoms with Crippen molar-refractivity contribution in [3.63, 3.8) is 0 Å². The Kier molecular flexibility index (Phi) is 6.83. The standard InChI is InChI=1S/C6H2ClF3N2O3.C6H3F3N2O4/c7-2-1-3(6(8,9)10)11-5(13)4(2)12(14)15;7-6(8,9)3-1-2(12)4(11(14)15)5(13)10-3/h1H,(H,11,13);1H,(H2,10,12,13). The molecule has 11 nitrogen and oxygen atoms in total. The number of rotatable bonds is 2. The highest BCUT2D eigenvalue weighted by atomic mass is 35.5. The Morgan fingerprint density at radius 2 is 1.20 bits per heavy atom. The third-order valence-electron chi connectivity index (χ3n) is 2.92. The molecule has 18 heteroatoms. The summed E-state index contributed by atoms with van der Waals surface area (Å²) in [5.74, 6) is -1.32. The summed E-state index contributed by atoms with van der Waals surface area (Å²) < 4.78 is 72.3. The van der Waals surface area contributed by atoms with Gasteiger partial charge >= 0.3 is 34.8 Å². The summed E-state index contributed by atoms with van der Waals surface area (Å²) in [6, 6.07) is 0.376. The molecule has 2 aromatic rings. The number of halogens is 7. The second-order valence-corrected chi connectivity index (χ2v) is 5.37. The van der Waals surface area contributed by atoms with Crippen molar-refractivity contribution in [3.05, 3.63) is 69.5 Å². The molecule has 0 aromatic carbocycles. The van der Waals surface area contributed by atoms with Crippen LogP contribution in [0, 0.1) is 20.2 Å². The van der Waals surface area contributed by atoms with Crippen LogP contribution in [0.15, 0.2) is 21.7 Å². The lowest BCUT2D eigenvalue weighted by Gasteiger charge is -2.05. The van der Waals surface area contributed by atoms with Crippen LogP contribution in [0.2, 0.25) is 5.02 Å². The van der Waals surface area contributed by atoms with Crippen LogP contribution in [-0.4, -0.2) is 24.9 Å². The summed E-state index contributed by atoms with van der Waals surface area (Å²) in [4.78, 5) is 42.2. The number of nitrogens with one attached hydrogen (secondary N) is 2. The van der Waals surface area contributed by atoms with E-state index in [0.29, 0.717) is 6.07 Å². The van der Waals surface area contributed by atoms with Crippen LogP contribution in [-0.2, 0) is 12.4 Å². The maximum atomic E-state index is 12.1. The number of pyridine rings is 2. The Labute approximate surface area is 162 Å². The molecule has 2 rings (SSSR count). The maximum Gasteiger partial charge on any atom is 0.431 e. The number of hydrogen-bond acceptors (Lipinski definition) is 7. The van der Waals surface area contributed by atoms with E-state index in [9.17, 15) is 56.2 Å². The third-order valence-corrected chi connectivity index (χ3v) is 3.21. The van der Waals surface area contributed by atoms with Crippen molar-refractivity contribution in [2.75, 3.05) is 0 Å². The summed E-state index contributed by atoms with van der Waals surface area (Å²) in [5.41, 5.74) is -8.49. The van der Waals surface area contributed by atoms with Crippen molar-refractivity contribution < 1.29 is 41.3 Å². The lowest BCUT2D eigenvalue weighted by atomic mass is 10.3. The molecule has 0 amide bonds. The lowest BCUT2D eigenvalue weighted by Crippen LogP contribution is -2.19. The summed E-state index contributed by atoms with van der Waals surface area (Å²) in [5, 5.41) is 28.4. The van der Waals surface area contributed by atoms with Gasteiger partial charge in [-0.2, -0.15) is 26.3 Å². The summed E-state index contributed by atoms with van der Waals surface area (Å²) in [6.07, 6.45) is -9.69. The highest BCUT2D eigenvalue weighted by molar-refractivity contribution is 6.32. The molecule has 0 radical (unpaired) electrons. The largest absolute Gasteiger partial charge is 0.502 e. The highest BCUT2D eigenvalue weighted by Crippen LogP contribution is 2.32. The van der Waals surface area contributed by atoms with Gasteiger partial charge in [0.05, 0.1) is 9.85 Å². The van der Waals surface area contributed by atoms with Gasteiger partial charge in [0.1, 0.15) is 16.4 Å². The molecule has 2 heterocycles. The van der Waals surface area contributed by atoms with Gasteiger partial charge in [-0.1, -0.05) is 11.6 Å². The molecule has 2 aromatic heterocycles. The fourth-order valence-electron chi connectivity index (χ4n) is 1.71. The van der Waals surface area contributed by atoms with Crippen LogP contribution in [0.4, 0.5) is 37.7 Å². The molecule has 3 N–H and O–H groups in total. The quantitative estimate of drug-likeness (QED) is 0.346. The van der Waals surface area contributed by atoms with E-state index in [4.69, 9.17) is 16.7 Å². The first-order valence-electron chi connectivity index (χ1n) is 6.79. The zero-order chi connectivity index (χ0) is 23.6. The van der Waals surface area contributed by atoms with Gasteiger partial charge in [0.2, 0.25) is 5.75 Å². The predicted molar refractivity (Wildman–Crippen MR) is 84.1 cm³/mol. The van der Waals surface area contributed by atoms with Crippen molar-refractivity contribution >= 4 is 23.0 Å². The number of aromatic hydroxyl groups is 1. The van der Waals surface area contributed by atoms with Crippen LogP contribution in [0.1, 0.15) is 11.4 Å². The average Bonchev–Trinajstić information content (AvgIpc) is 2.51. The summed E-state index contributed by atoms with van der Waals surface area (Å²) in [7, 11) is 0. The number of H-pyrrole nitrogens is 2. The molecule has 0 atom stereocenters. The number of aromatic nitrogens is 2. The van der Waals surface area contributed by atoms with E-state index in [1.807, 2.05) is 0 Å². The number of hydrogen-bond donors (Lipinski definition) is 3. The summed E-state index contributed by atoms with van der Waals surface area (Å²) >= 11 is 5.17. The van der Waals surface area contributed by atoms with Gasteiger partial charge < -0.3 is 15.1 Å². The molecular weight excluding hydrogens is 462 g/mol. The van der Waals surface area contributed by atoms with E-state index in [-0.39, 0.29) is 6.07 Å². The van der Waals surface area contributed by atoms with Crippen LogP contribution in [0.25, 0.3) is 0 Å². The SMILES string of the molecule is O=c1[nH]c(C(F)(F)F)cc(Cl)c1[N+](=O)[O-].O=c1[nH]c(C(F)(F)F)cc(O)c1[N+](=O)[O-]. The van der Waals surface area contributed by atoms with E-state index in [0.717, 1.165) is 0 Å². The minimum Gasteiger partial charge on any atom is -0.502 e. The van der Waals surface area contributed by atoms with Gasteiger partial charge in [-0.3, -0.25) is 29.8 Å². The number of nitro groups is 2. The molecule has 0 spiro atoms. The van der Waals surface area contributed by atoms with E-state index >= 15 is 0 Å². The Hall–Kier alpha value is -3.63. The monoisotopic (exact) mass is 466 g/mol. The molecular formula is C12H5ClF6N4O7. The van der Waals surface area contributed by atoms with Gasteiger partial charge in [-0.15, -0.1) is 0 Å². The Morgan fingerprint density at radius 1 is 0.833 bits per heavy atom. The smallest absolute Gasteiger partial charge is 0.431 e. The molecule has 0 aliphatic rings. The first-order valence-corrected chi connectivity index (χ1v) is 7.16. The van der Waals surface area contributed by atoms with E-state index in [1.54, 1.807) is 0 Å². The van der Waals surface area contributed by atoms with Crippen molar-refractivity contribution in [2.45, 2.75) is 12.4 Å². The first kappa shape index (κ1) is 24.4. The molecule has 0 unspecified atom stereocenters. The second-order valence-electron chi connectivity index (χ2n) is 4.96.